The maximum atomic E-state index is 12.5. The number of aliphatic hydroxyl groups is 1. The minimum atomic E-state index is -0.986. The van der Waals surface area contributed by atoms with Gasteiger partial charge in [0.1, 0.15) is 29.2 Å². The van der Waals surface area contributed by atoms with Crippen LogP contribution in [0.5, 0.6) is 5.06 Å². The van der Waals surface area contributed by atoms with Gasteiger partial charge in [-0.15, -0.1) is 0 Å². The highest BCUT2D eigenvalue weighted by atomic mass is 32.1. The van der Waals surface area contributed by atoms with E-state index in [2.05, 4.69) is 15.3 Å². The van der Waals surface area contributed by atoms with Crippen LogP contribution in [0.3, 0.4) is 0 Å². The van der Waals surface area contributed by atoms with Gasteiger partial charge in [-0.2, -0.15) is 0 Å². The number of hydrogen-bond acceptors (Lipinski definition) is 7. The van der Waals surface area contributed by atoms with Gasteiger partial charge < -0.3 is 19.9 Å². The highest BCUT2D eigenvalue weighted by Gasteiger charge is 2.28. The van der Waals surface area contributed by atoms with E-state index in [0.717, 1.165) is 21.2 Å². The number of aromatic nitrogens is 2. The van der Waals surface area contributed by atoms with Crippen LogP contribution in [-0.2, 0) is 11.3 Å². The summed E-state index contributed by atoms with van der Waals surface area (Å²) in [5.41, 5.74) is 1.24. The zero-order valence-electron chi connectivity index (χ0n) is 15.5. The second-order valence-electron chi connectivity index (χ2n) is 7.29. The van der Waals surface area contributed by atoms with Crippen molar-refractivity contribution in [2.45, 2.75) is 39.0 Å². The Bertz CT molecular complexity index is 909. The number of hydrogen-bond donors (Lipinski definition) is 2. The van der Waals surface area contributed by atoms with Crippen molar-refractivity contribution in [1.29, 1.82) is 0 Å². The Morgan fingerprint density at radius 1 is 1.48 bits per heavy atom. The van der Waals surface area contributed by atoms with Crippen LogP contribution >= 0.6 is 11.3 Å². The molecule has 0 radical (unpaired) electrons. The Hall–Kier alpha value is -2.23. The predicted molar refractivity (Wildman–Crippen MR) is 101 cm³/mol. The van der Waals surface area contributed by atoms with Gasteiger partial charge in [-0.05, 0) is 20.8 Å². The van der Waals surface area contributed by atoms with E-state index in [4.69, 9.17) is 9.47 Å². The molecule has 0 fully saturated rings. The van der Waals surface area contributed by atoms with E-state index in [1.165, 1.54) is 11.3 Å². The van der Waals surface area contributed by atoms with Gasteiger partial charge in [-0.3, -0.25) is 14.4 Å². The van der Waals surface area contributed by atoms with Gasteiger partial charge in [-0.25, -0.2) is 4.98 Å². The fraction of sp³-hybridized carbons (Fsp3) is 0.500. The quantitative estimate of drug-likeness (QED) is 0.833. The summed E-state index contributed by atoms with van der Waals surface area (Å²) in [6.07, 6.45) is 3.56. The Morgan fingerprint density at radius 2 is 2.30 bits per heavy atom. The van der Waals surface area contributed by atoms with Crippen molar-refractivity contribution in [3.63, 3.8) is 0 Å². The molecule has 4 rings (SSSR count). The molecule has 4 heterocycles. The summed E-state index contributed by atoms with van der Waals surface area (Å²) in [5.74, 6) is 0.365. The minimum absolute atomic E-state index is 0.144. The molecule has 1 unspecified atom stereocenters. The van der Waals surface area contributed by atoms with Gasteiger partial charge in [0.05, 0.1) is 18.8 Å². The van der Waals surface area contributed by atoms with Crippen LogP contribution in [-0.4, -0.2) is 52.1 Å². The number of ether oxygens (including phenoxy) is 2. The van der Waals surface area contributed by atoms with Crippen LogP contribution in [0.2, 0.25) is 0 Å². The third-order valence-corrected chi connectivity index (χ3v) is 5.53. The zero-order chi connectivity index (χ0) is 19.2. The molecule has 2 aliphatic rings. The maximum absolute atomic E-state index is 12.5. The number of thiophene rings is 1. The minimum Gasteiger partial charge on any atom is -0.481 e. The monoisotopic (exact) mass is 390 g/mol. The molecule has 2 N–H and O–H groups in total. The molecule has 8 nitrogen and oxygen atoms in total. The van der Waals surface area contributed by atoms with E-state index >= 15 is 0 Å². The summed E-state index contributed by atoms with van der Waals surface area (Å²) in [6.45, 7) is 6.91. The van der Waals surface area contributed by atoms with Gasteiger partial charge >= 0.3 is 0 Å². The van der Waals surface area contributed by atoms with Crippen molar-refractivity contribution in [2.75, 3.05) is 19.8 Å². The summed E-state index contributed by atoms with van der Waals surface area (Å²) in [6, 6.07) is -0.191. The average molecular weight is 390 g/mol. The highest BCUT2D eigenvalue weighted by molar-refractivity contribution is 7.17. The summed E-state index contributed by atoms with van der Waals surface area (Å²) in [4.78, 5) is 21.6. The van der Waals surface area contributed by atoms with Crippen molar-refractivity contribution in [2.24, 2.45) is 4.99 Å². The lowest BCUT2D eigenvalue weighted by Crippen LogP contribution is -2.38. The first-order valence-corrected chi connectivity index (χ1v) is 9.65. The molecule has 0 saturated carbocycles. The van der Waals surface area contributed by atoms with Crippen LogP contribution < -0.4 is 10.1 Å². The number of carbonyl (C=O) groups is 1. The molecule has 2 aliphatic heterocycles. The first-order valence-electron chi connectivity index (χ1n) is 8.83. The van der Waals surface area contributed by atoms with Gasteiger partial charge in [0.15, 0.2) is 5.06 Å². The molecule has 2 aromatic heterocycles. The Morgan fingerprint density at radius 3 is 3.07 bits per heavy atom. The number of nitrogens with one attached hydrogen (secondary N) is 1. The van der Waals surface area contributed by atoms with Gasteiger partial charge in [0, 0.05) is 30.1 Å². The molecule has 0 spiro atoms. The Kier molecular flexibility index (Phi) is 4.53. The lowest BCUT2D eigenvalue weighted by atomic mass is 10.1. The van der Waals surface area contributed by atoms with Crippen molar-refractivity contribution in [3.05, 3.63) is 28.8 Å². The predicted octanol–water partition coefficient (Wildman–Crippen LogP) is 1.84. The van der Waals surface area contributed by atoms with Crippen molar-refractivity contribution in [3.8, 4) is 10.1 Å². The number of rotatable bonds is 3. The maximum Gasteiger partial charge on any atom is 0.271 e. The SMILES string of the molecule is CC1N=Cc2c(sc3c2COCCO3)-n2cc(C(=O)NCC(C)(C)O)nc21. The number of nitrogens with zero attached hydrogens (tertiary/aromatic N) is 3. The van der Waals surface area contributed by atoms with Crippen molar-refractivity contribution in [1.82, 2.24) is 14.9 Å². The first-order chi connectivity index (χ1) is 12.8. The van der Waals surface area contributed by atoms with Crippen LogP contribution in [0.4, 0.5) is 0 Å². The molecule has 0 aliphatic carbocycles. The third kappa shape index (κ3) is 3.50. The first kappa shape index (κ1) is 18.1. The van der Waals surface area contributed by atoms with E-state index in [-0.39, 0.29) is 18.5 Å². The summed E-state index contributed by atoms with van der Waals surface area (Å²) < 4.78 is 13.3. The van der Waals surface area contributed by atoms with E-state index in [9.17, 15) is 9.90 Å². The van der Waals surface area contributed by atoms with Crippen LogP contribution in [0.25, 0.3) is 5.00 Å². The highest BCUT2D eigenvalue weighted by Crippen LogP contribution is 2.41. The third-order valence-electron chi connectivity index (χ3n) is 4.37. The number of carbonyl (C=O) groups excluding carboxylic acids is 1. The van der Waals surface area contributed by atoms with E-state index in [1.54, 1.807) is 20.0 Å². The smallest absolute Gasteiger partial charge is 0.271 e. The Balaban J connectivity index is 1.72. The fourth-order valence-electron chi connectivity index (χ4n) is 2.98. The lowest BCUT2D eigenvalue weighted by Gasteiger charge is -2.16. The van der Waals surface area contributed by atoms with Crippen molar-refractivity contribution >= 4 is 23.5 Å². The van der Waals surface area contributed by atoms with E-state index in [0.29, 0.717) is 31.3 Å². The molecule has 1 amide bonds. The normalized spacial score (nSPS) is 18.6. The molecular formula is C18H22N4O4S. The largest absolute Gasteiger partial charge is 0.481 e. The summed E-state index contributed by atoms with van der Waals surface area (Å²) >= 11 is 1.51. The Labute approximate surface area is 160 Å². The number of imidazole rings is 1. The number of aliphatic imine (C=N–C) groups is 1. The van der Waals surface area contributed by atoms with Gasteiger partial charge in [0.2, 0.25) is 0 Å². The van der Waals surface area contributed by atoms with Gasteiger partial charge in [-0.1, -0.05) is 11.3 Å². The second-order valence-corrected chi connectivity index (χ2v) is 8.25. The summed E-state index contributed by atoms with van der Waals surface area (Å²) in [7, 11) is 0. The molecule has 0 aromatic carbocycles. The molecular weight excluding hydrogens is 368 g/mol. The molecule has 0 saturated heterocycles. The molecule has 27 heavy (non-hydrogen) atoms. The van der Waals surface area contributed by atoms with Crippen molar-refractivity contribution < 1.29 is 19.4 Å². The van der Waals surface area contributed by atoms with Crippen LogP contribution in [0.1, 0.15) is 54.3 Å². The molecule has 0 bridgehead atoms. The molecule has 2 aromatic rings. The average Bonchev–Trinajstić information content (AvgIpc) is 3.08. The van der Waals surface area contributed by atoms with E-state index in [1.807, 2.05) is 17.7 Å². The van der Waals surface area contributed by atoms with Crippen LogP contribution in [0, 0.1) is 0 Å². The van der Waals surface area contributed by atoms with Crippen LogP contribution in [0.15, 0.2) is 11.2 Å². The topological polar surface area (TPSA) is 98.0 Å². The number of amides is 1. The zero-order valence-corrected chi connectivity index (χ0v) is 16.3. The van der Waals surface area contributed by atoms with E-state index < -0.39 is 5.60 Å². The standard InChI is InChI=1S/C18H22N4O4S/c1-10-14-21-13(15(23)20-9-18(2,3)24)7-22(14)16-11(6-19-10)12-8-25-4-5-26-17(12)27-16/h6-7,10,24H,4-5,8-9H2,1-3H3,(H,20,23). The van der Waals surface area contributed by atoms with Gasteiger partial charge in [0.25, 0.3) is 5.91 Å². The molecule has 9 heteroatoms. The number of fused-ring (bicyclic) bond motifs is 5. The lowest BCUT2D eigenvalue weighted by molar-refractivity contribution is 0.0692. The fourth-order valence-corrected chi connectivity index (χ4v) is 4.12. The molecule has 1 atom stereocenters. The second kappa shape index (κ2) is 6.74. The molecule has 144 valence electrons. The summed E-state index contributed by atoms with van der Waals surface area (Å²) in [5, 5.41) is 14.3.